The Hall–Kier alpha value is -1.09. The Morgan fingerprint density at radius 1 is 1.44 bits per heavy atom. The number of hydrogen-bond acceptors (Lipinski definition) is 3. The average molecular weight is 222 g/mol. The highest BCUT2D eigenvalue weighted by atomic mass is 16.3. The fraction of sp³-hybridized carbons (Fsp3) is 0.615. The first-order chi connectivity index (χ1) is 7.39. The maximum Gasteiger partial charge on any atom is 0.125 e. The standard InChI is InChI=1S/C13H22N2O/c1-10(2)7-13(4,16)9-15-12-6-5-11(3)8-14-12/h5-6,8,10,16H,7,9H2,1-4H3,(H,14,15). The smallest absolute Gasteiger partial charge is 0.125 e. The Labute approximate surface area is 97.9 Å². The summed E-state index contributed by atoms with van der Waals surface area (Å²) in [5.74, 6) is 1.30. The lowest BCUT2D eigenvalue weighted by molar-refractivity contribution is 0.0515. The van der Waals surface area contributed by atoms with Crippen molar-refractivity contribution in [2.75, 3.05) is 11.9 Å². The van der Waals surface area contributed by atoms with Crippen LogP contribution in [0.15, 0.2) is 18.3 Å². The van der Waals surface area contributed by atoms with E-state index in [1.54, 1.807) is 0 Å². The molecule has 0 spiro atoms. The first-order valence-electron chi connectivity index (χ1n) is 5.78. The Kier molecular flexibility index (Phi) is 4.30. The van der Waals surface area contributed by atoms with Crippen LogP contribution in [0.2, 0.25) is 0 Å². The molecule has 0 saturated carbocycles. The van der Waals surface area contributed by atoms with E-state index < -0.39 is 5.60 Å². The molecular weight excluding hydrogens is 200 g/mol. The summed E-state index contributed by atoms with van der Waals surface area (Å²) in [6, 6.07) is 3.94. The van der Waals surface area contributed by atoms with Gasteiger partial charge in [0.15, 0.2) is 0 Å². The summed E-state index contributed by atoms with van der Waals surface area (Å²) in [5.41, 5.74) is 0.459. The minimum Gasteiger partial charge on any atom is -0.388 e. The van der Waals surface area contributed by atoms with Crippen molar-refractivity contribution in [3.8, 4) is 0 Å². The average Bonchev–Trinajstić information content (AvgIpc) is 2.15. The van der Waals surface area contributed by atoms with Crippen LogP contribution in [-0.4, -0.2) is 22.2 Å². The van der Waals surface area contributed by atoms with E-state index in [4.69, 9.17) is 0 Å². The molecule has 16 heavy (non-hydrogen) atoms. The number of anilines is 1. The Bertz CT molecular complexity index is 317. The third-order valence-corrected chi connectivity index (χ3v) is 2.41. The van der Waals surface area contributed by atoms with Crippen LogP contribution in [0, 0.1) is 12.8 Å². The van der Waals surface area contributed by atoms with Crippen molar-refractivity contribution in [2.24, 2.45) is 5.92 Å². The summed E-state index contributed by atoms with van der Waals surface area (Å²) in [5, 5.41) is 13.3. The third kappa shape index (κ3) is 4.62. The van der Waals surface area contributed by atoms with Crippen LogP contribution < -0.4 is 5.32 Å². The van der Waals surface area contributed by atoms with Gasteiger partial charge in [0.25, 0.3) is 0 Å². The summed E-state index contributed by atoms with van der Waals surface area (Å²) in [6.07, 6.45) is 2.60. The van der Waals surface area contributed by atoms with Crippen LogP contribution in [0.3, 0.4) is 0 Å². The lowest BCUT2D eigenvalue weighted by Crippen LogP contribution is -2.35. The van der Waals surface area contributed by atoms with Gasteiger partial charge in [-0.25, -0.2) is 4.98 Å². The predicted octanol–water partition coefficient (Wildman–Crippen LogP) is 2.60. The van der Waals surface area contributed by atoms with Crippen molar-refractivity contribution >= 4 is 5.82 Å². The highest BCUT2D eigenvalue weighted by molar-refractivity contribution is 5.35. The van der Waals surface area contributed by atoms with Crippen LogP contribution >= 0.6 is 0 Å². The number of nitrogens with one attached hydrogen (secondary N) is 1. The van der Waals surface area contributed by atoms with Gasteiger partial charge in [0.2, 0.25) is 0 Å². The van der Waals surface area contributed by atoms with Crippen LogP contribution in [0.25, 0.3) is 0 Å². The molecule has 1 heterocycles. The molecule has 1 aromatic heterocycles. The van der Waals surface area contributed by atoms with Crippen LogP contribution in [-0.2, 0) is 0 Å². The highest BCUT2D eigenvalue weighted by Gasteiger charge is 2.21. The third-order valence-electron chi connectivity index (χ3n) is 2.41. The molecule has 0 aliphatic rings. The molecule has 1 rings (SSSR count). The van der Waals surface area contributed by atoms with E-state index in [0.29, 0.717) is 12.5 Å². The second kappa shape index (κ2) is 5.30. The maximum absolute atomic E-state index is 10.1. The fourth-order valence-electron chi connectivity index (χ4n) is 1.81. The maximum atomic E-state index is 10.1. The molecule has 0 fully saturated rings. The summed E-state index contributed by atoms with van der Waals surface area (Å²) in [4.78, 5) is 4.24. The number of pyridine rings is 1. The van der Waals surface area contributed by atoms with E-state index in [-0.39, 0.29) is 0 Å². The molecule has 2 N–H and O–H groups in total. The SMILES string of the molecule is Cc1ccc(NCC(C)(O)CC(C)C)nc1. The van der Waals surface area contributed by atoms with Crippen molar-refractivity contribution in [3.63, 3.8) is 0 Å². The quantitative estimate of drug-likeness (QED) is 0.805. The number of nitrogens with zero attached hydrogens (tertiary/aromatic N) is 1. The van der Waals surface area contributed by atoms with Gasteiger partial charge in [-0.05, 0) is 37.8 Å². The molecule has 0 saturated heterocycles. The number of aromatic nitrogens is 1. The largest absolute Gasteiger partial charge is 0.388 e. The minimum atomic E-state index is -0.680. The Morgan fingerprint density at radius 2 is 2.12 bits per heavy atom. The van der Waals surface area contributed by atoms with Gasteiger partial charge < -0.3 is 10.4 Å². The monoisotopic (exact) mass is 222 g/mol. The van der Waals surface area contributed by atoms with Gasteiger partial charge in [-0.1, -0.05) is 19.9 Å². The van der Waals surface area contributed by atoms with Crippen LogP contribution in [0.5, 0.6) is 0 Å². The van der Waals surface area contributed by atoms with Crippen LogP contribution in [0.1, 0.15) is 32.8 Å². The molecule has 0 aliphatic heterocycles. The lowest BCUT2D eigenvalue weighted by atomic mass is 9.94. The number of aliphatic hydroxyl groups is 1. The molecule has 0 bridgehead atoms. The number of hydrogen-bond donors (Lipinski definition) is 2. The van der Waals surface area contributed by atoms with Gasteiger partial charge in [0, 0.05) is 12.7 Å². The molecule has 1 atom stereocenters. The fourth-order valence-corrected chi connectivity index (χ4v) is 1.81. The normalized spacial score (nSPS) is 14.9. The predicted molar refractivity (Wildman–Crippen MR) is 67.5 cm³/mol. The summed E-state index contributed by atoms with van der Waals surface area (Å²) >= 11 is 0. The molecule has 1 unspecified atom stereocenters. The molecular formula is C13H22N2O. The molecule has 90 valence electrons. The Morgan fingerprint density at radius 3 is 2.62 bits per heavy atom. The lowest BCUT2D eigenvalue weighted by Gasteiger charge is -2.25. The van der Waals surface area contributed by atoms with Crippen molar-refractivity contribution in [1.82, 2.24) is 4.98 Å². The zero-order valence-corrected chi connectivity index (χ0v) is 10.6. The van der Waals surface area contributed by atoms with Crippen molar-refractivity contribution in [1.29, 1.82) is 0 Å². The summed E-state index contributed by atoms with van der Waals surface area (Å²) in [6.45, 7) is 8.61. The molecule has 0 aromatic carbocycles. The second-order valence-corrected chi connectivity index (χ2v) is 5.17. The van der Waals surface area contributed by atoms with E-state index in [0.717, 1.165) is 17.8 Å². The van der Waals surface area contributed by atoms with Gasteiger partial charge >= 0.3 is 0 Å². The van der Waals surface area contributed by atoms with Gasteiger partial charge in [0.05, 0.1) is 5.60 Å². The minimum absolute atomic E-state index is 0.489. The zero-order chi connectivity index (χ0) is 12.2. The molecule has 3 nitrogen and oxygen atoms in total. The van der Waals surface area contributed by atoms with Gasteiger partial charge in [-0.15, -0.1) is 0 Å². The molecule has 3 heteroatoms. The zero-order valence-electron chi connectivity index (χ0n) is 10.6. The Balaban J connectivity index is 2.47. The van der Waals surface area contributed by atoms with E-state index in [1.807, 2.05) is 32.2 Å². The topological polar surface area (TPSA) is 45.1 Å². The van der Waals surface area contributed by atoms with E-state index in [9.17, 15) is 5.11 Å². The number of aryl methyl sites for hydroxylation is 1. The van der Waals surface area contributed by atoms with Gasteiger partial charge in [-0.3, -0.25) is 0 Å². The van der Waals surface area contributed by atoms with Crippen LogP contribution in [0.4, 0.5) is 5.82 Å². The van der Waals surface area contributed by atoms with Crippen molar-refractivity contribution in [2.45, 2.75) is 39.7 Å². The molecule has 0 aliphatic carbocycles. The summed E-state index contributed by atoms with van der Waals surface area (Å²) < 4.78 is 0. The molecule has 0 amide bonds. The summed E-state index contributed by atoms with van der Waals surface area (Å²) in [7, 11) is 0. The van der Waals surface area contributed by atoms with E-state index in [1.165, 1.54) is 0 Å². The first kappa shape index (κ1) is 13.0. The first-order valence-corrected chi connectivity index (χ1v) is 5.78. The van der Waals surface area contributed by atoms with E-state index >= 15 is 0 Å². The molecule has 1 aromatic rings. The number of rotatable bonds is 5. The molecule has 0 radical (unpaired) electrons. The van der Waals surface area contributed by atoms with E-state index in [2.05, 4.69) is 24.1 Å². The highest BCUT2D eigenvalue weighted by Crippen LogP contribution is 2.16. The van der Waals surface area contributed by atoms with Gasteiger partial charge in [0.1, 0.15) is 5.82 Å². The van der Waals surface area contributed by atoms with Crippen molar-refractivity contribution in [3.05, 3.63) is 23.9 Å². The van der Waals surface area contributed by atoms with Gasteiger partial charge in [-0.2, -0.15) is 0 Å². The van der Waals surface area contributed by atoms with Crippen molar-refractivity contribution < 1.29 is 5.11 Å². The second-order valence-electron chi connectivity index (χ2n) is 5.17.